The average Bonchev–Trinajstić information content (AvgIpc) is 3.46. The molecule has 34 heavy (non-hydrogen) atoms. The minimum Gasteiger partial charge on any atom is -0.477 e. The molecule has 4 aromatic rings. The number of halogens is 1. The van der Waals surface area contributed by atoms with Gasteiger partial charge in [0, 0.05) is 46.8 Å². The molecule has 0 saturated heterocycles. The van der Waals surface area contributed by atoms with E-state index in [2.05, 4.69) is 10.2 Å². The van der Waals surface area contributed by atoms with Gasteiger partial charge >= 0.3 is 5.97 Å². The first-order chi connectivity index (χ1) is 16.4. The third-order valence-corrected chi connectivity index (χ3v) is 6.19. The van der Waals surface area contributed by atoms with Gasteiger partial charge in [-0.1, -0.05) is 11.6 Å². The third kappa shape index (κ3) is 4.87. The van der Waals surface area contributed by atoms with Crippen LogP contribution in [-0.2, 0) is 11.3 Å². The number of nitro groups is 1. The minimum atomic E-state index is -1.11. The summed E-state index contributed by atoms with van der Waals surface area (Å²) in [6.45, 7) is 2.47. The molecule has 172 valence electrons. The van der Waals surface area contributed by atoms with Crippen molar-refractivity contribution in [2.45, 2.75) is 18.6 Å². The second-order valence-electron chi connectivity index (χ2n) is 7.05. The molecular formula is C23H18ClN5O4S. The van der Waals surface area contributed by atoms with Crippen molar-refractivity contribution in [3.63, 3.8) is 0 Å². The van der Waals surface area contributed by atoms with Gasteiger partial charge in [-0.2, -0.15) is 0 Å². The van der Waals surface area contributed by atoms with Gasteiger partial charge in [0.25, 0.3) is 5.69 Å². The quantitative estimate of drug-likeness (QED) is 0.148. The molecule has 0 fully saturated rings. The number of nitro benzene ring substituents is 1. The summed E-state index contributed by atoms with van der Waals surface area (Å²) in [6, 6.07) is 16.7. The molecule has 0 aliphatic carbocycles. The molecule has 0 radical (unpaired) electrons. The van der Waals surface area contributed by atoms with E-state index >= 15 is 0 Å². The van der Waals surface area contributed by atoms with Crippen molar-refractivity contribution in [1.82, 2.24) is 19.3 Å². The fraction of sp³-hybridized carbons (Fsp3) is 0.0870. The smallest absolute Gasteiger partial charge is 0.342 e. The number of nitrogens with zero attached hydrogens (tertiary/aromatic N) is 5. The molecule has 2 aromatic carbocycles. The first-order valence-corrected chi connectivity index (χ1v) is 11.3. The Bertz CT molecular complexity index is 1380. The number of aliphatic carboxylic acids is 1. The molecule has 0 bridgehead atoms. The lowest BCUT2D eigenvalue weighted by Gasteiger charge is -2.09. The Morgan fingerprint density at radius 1 is 1.15 bits per heavy atom. The van der Waals surface area contributed by atoms with Crippen LogP contribution >= 0.6 is 23.4 Å². The van der Waals surface area contributed by atoms with E-state index in [0.717, 1.165) is 17.3 Å². The zero-order valence-corrected chi connectivity index (χ0v) is 19.4. The van der Waals surface area contributed by atoms with Gasteiger partial charge in [0.1, 0.15) is 4.91 Å². The number of aromatic nitrogens is 4. The Kier molecular flexibility index (Phi) is 6.80. The summed E-state index contributed by atoms with van der Waals surface area (Å²) in [6.07, 6.45) is 3.29. The highest BCUT2D eigenvalue weighted by Gasteiger charge is 2.19. The van der Waals surface area contributed by atoms with E-state index in [1.54, 1.807) is 47.2 Å². The maximum Gasteiger partial charge on any atom is 0.342 e. The molecule has 4 rings (SSSR count). The largest absolute Gasteiger partial charge is 0.477 e. The second kappa shape index (κ2) is 9.94. The maximum atomic E-state index is 12.1. The van der Waals surface area contributed by atoms with Crippen molar-refractivity contribution in [1.29, 1.82) is 0 Å². The van der Waals surface area contributed by atoms with Crippen molar-refractivity contribution in [2.24, 2.45) is 0 Å². The number of hydrogen-bond donors (Lipinski definition) is 1. The minimum absolute atomic E-state index is 0.0230. The van der Waals surface area contributed by atoms with Gasteiger partial charge in [0.2, 0.25) is 0 Å². The molecule has 0 aliphatic rings. The summed E-state index contributed by atoms with van der Waals surface area (Å²) in [5, 5.41) is 30.3. The molecular weight excluding hydrogens is 478 g/mol. The van der Waals surface area contributed by atoms with Crippen LogP contribution < -0.4 is 0 Å². The molecule has 0 unspecified atom stereocenters. The molecule has 0 saturated carbocycles. The van der Waals surface area contributed by atoms with Crippen LogP contribution in [0.5, 0.6) is 0 Å². The standard InChI is InChI=1S/C23H18ClN5O4S/c1-2-27-21(15-5-7-16(24)8-6-15)25-26-23(27)34-20(22(30)31)14-19-4-3-13-28(19)17-9-11-18(12-10-17)29(32)33/h3-14H,2H2,1H3,(H,30,31)/b20-14-. The lowest BCUT2D eigenvalue weighted by molar-refractivity contribution is -0.384. The van der Waals surface area contributed by atoms with E-state index in [9.17, 15) is 20.0 Å². The molecule has 0 atom stereocenters. The van der Waals surface area contributed by atoms with Crippen molar-refractivity contribution in [3.05, 3.63) is 92.6 Å². The summed E-state index contributed by atoms with van der Waals surface area (Å²) in [7, 11) is 0. The number of thioether (sulfide) groups is 1. The summed E-state index contributed by atoms with van der Waals surface area (Å²) in [4.78, 5) is 22.6. The van der Waals surface area contributed by atoms with Gasteiger partial charge < -0.3 is 14.2 Å². The van der Waals surface area contributed by atoms with Crippen LogP contribution in [-0.4, -0.2) is 35.3 Å². The number of carbonyl (C=O) groups is 1. The molecule has 1 N–H and O–H groups in total. The van der Waals surface area contributed by atoms with E-state index in [-0.39, 0.29) is 10.6 Å². The highest BCUT2D eigenvalue weighted by molar-refractivity contribution is 8.04. The summed E-state index contributed by atoms with van der Waals surface area (Å²) >= 11 is 6.97. The molecule has 2 aromatic heterocycles. The monoisotopic (exact) mass is 495 g/mol. The fourth-order valence-electron chi connectivity index (χ4n) is 3.31. The zero-order valence-electron chi connectivity index (χ0n) is 17.8. The summed E-state index contributed by atoms with van der Waals surface area (Å²) < 4.78 is 3.58. The molecule has 2 heterocycles. The van der Waals surface area contributed by atoms with Crippen molar-refractivity contribution >= 4 is 41.1 Å². The third-order valence-electron chi connectivity index (χ3n) is 4.95. The molecule has 0 aliphatic heterocycles. The predicted molar refractivity (Wildman–Crippen MR) is 130 cm³/mol. The van der Waals surface area contributed by atoms with Crippen LogP contribution in [0.1, 0.15) is 12.6 Å². The first-order valence-electron chi connectivity index (χ1n) is 10.1. The fourth-order valence-corrected chi connectivity index (χ4v) is 4.31. The van der Waals surface area contributed by atoms with E-state index < -0.39 is 10.9 Å². The van der Waals surface area contributed by atoms with Gasteiger partial charge in [0.15, 0.2) is 11.0 Å². The topological polar surface area (TPSA) is 116 Å². The number of hydrogen-bond acceptors (Lipinski definition) is 6. The van der Waals surface area contributed by atoms with Crippen molar-refractivity contribution in [3.8, 4) is 17.1 Å². The summed E-state index contributed by atoms with van der Waals surface area (Å²) in [5.41, 5.74) is 2.06. The molecule has 9 nitrogen and oxygen atoms in total. The molecule has 0 amide bonds. The van der Waals surface area contributed by atoms with E-state index in [1.165, 1.54) is 18.2 Å². The maximum absolute atomic E-state index is 12.1. The normalized spacial score (nSPS) is 11.5. The second-order valence-corrected chi connectivity index (χ2v) is 8.50. The number of carboxylic acid groups (broad SMARTS) is 1. The van der Waals surface area contributed by atoms with Crippen LogP contribution in [0.2, 0.25) is 5.02 Å². The van der Waals surface area contributed by atoms with E-state index in [1.807, 2.05) is 23.6 Å². The highest BCUT2D eigenvalue weighted by atomic mass is 35.5. The Labute approximate surface area is 203 Å². The SMILES string of the molecule is CCn1c(S/C(=C\c2cccn2-c2ccc([N+](=O)[O-])cc2)C(=O)O)nnc1-c1ccc(Cl)cc1. The summed E-state index contributed by atoms with van der Waals surface area (Å²) in [5.74, 6) is -0.499. The van der Waals surface area contributed by atoms with Crippen LogP contribution in [0.15, 0.2) is 76.9 Å². The first kappa shape index (κ1) is 23.3. The van der Waals surface area contributed by atoms with Gasteiger partial charge in [-0.05, 0) is 73.3 Å². The van der Waals surface area contributed by atoms with Gasteiger partial charge in [-0.15, -0.1) is 10.2 Å². The molecule has 0 spiro atoms. The Morgan fingerprint density at radius 3 is 2.47 bits per heavy atom. The van der Waals surface area contributed by atoms with Crippen molar-refractivity contribution in [2.75, 3.05) is 0 Å². The van der Waals surface area contributed by atoms with Crippen LogP contribution in [0.25, 0.3) is 23.2 Å². The Hall–Kier alpha value is -3.89. The zero-order chi connectivity index (χ0) is 24.2. The molecule has 11 heteroatoms. The highest BCUT2D eigenvalue weighted by Crippen LogP contribution is 2.31. The predicted octanol–water partition coefficient (Wildman–Crippen LogP) is 5.54. The van der Waals surface area contributed by atoms with Crippen LogP contribution in [0.4, 0.5) is 5.69 Å². The number of non-ortho nitro benzene ring substituents is 1. The van der Waals surface area contributed by atoms with Gasteiger partial charge in [0.05, 0.1) is 4.92 Å². The Balaban J connectivity index is 1.67. The Morgan fingerprint density at radius 2 is 1.85 bits per heavy atom. The van der Waals surface area contributed by atoms with Crippen LogP contribution in [0, 0.1) is 10.1 Å². The lowest BCUT2D eigenvalue weighted by Crippen LogP contribution is -2.03. The van der Waals surface area contributed by atoms with Gasteiger partial charge in [-0.25, -0.2) is 4.79 Å². The van der Waals surface area contributed by atoms with Gasteiger partial charge in [-0.3, -0.25) is 10.1 Å². The van der Waals surface area contributed by atoms with Crippen LogP contribution in [0.3, 0.4) is 0 Å². The number of benzene rings is 2. The van der Waals surface area contributed by atoms with E-state index in [4.69, 9.17) is 11.6 Å². The van der Waals surface area contributed by atoms with E-state index in [0.29, 0.717) is 33.9 Å². The lowest BCUT2D eigenvalue weighted by atomic mass is 10.2. The number of carboxylic acids is 1. The van der Waals surface area contributed by atoms with Crippen molar-refractivity contribution < 1.29 is 14.8 Å². The number of rotatable bonds is 8. The average molecular weight is 496 g/mol.